The first-order valence-corrected chi connectivity index (χ1v) is 7.94. The van der Waals surface area contributed by atoms with Crippen molar-refractivity contribution in [3.8, 4) is 0 Å². The summed E-state index contributed by atoms with van der Waals surface area (Å²) >= 11 is 6.38. The molecule has 1 aromatic carbocycles. The van der Waals surface area contributed by atoms with Crippen molar-refractivity contribution in [3.63, 3.8) is 0 Å². The Balaban J connectivity index is 1.72. The van der Waals surface area contributed by atoms with Gasteiger partial charge in [0, 0.05) is 0 Å². The van der Waals surface area contributed by atoms with Gasteiger partial charge in [0.2, 0.25) is 0 Å². The number of rotatable bonds is 3. The fourth-order valence-electron chi connectivity index (χ4n) is 1.92. The molecule has 9 heteroatoms. The van der Waals surface area contributed by atoms with Gasteiger partial charge in [-0.25, -0.2) is 9.78 Å². The topological polar surface area (TPSA) is 93.5 Å². The normalized spacial score (nSPS) is 10.4. The van der Waals surface area contributed by atoms with Crippen LogP contribution in [0.25, 0.3) is 10.2 Å². The first kappa shape index (κ1) is 16.1. The molecule has 0 spiro atoms. The number of furan rings is 1. The van der Waals surface area contributed by atoms with Crippen LogP contribution in [0.15, 0.2) is 41.0 Å². The maximum atomic E-state index is 11.8. The number of ether oxygens (including phenoxy) is 1. The lowest BCUT2D eigenvalue weighted by atomic mass is 10.2. The average Bonchev–Trinajstić information content (AvgIpc) is 3.22. The zero-order valence-electron chi connectivity index (χ0n) is 12.4. The second-order valence-electron chi connectivity index (χ2n) is 4.58. The van der Waals surface area contributed by atoms with E-state index in [0.717, 1.165) is 4.70 Å². The standard InChI is InChI=1S/C15H11N3O4S2/c1-21-13(20)8-4-5-9-11(7-8)24-15(16-9)18-14(23)17-12(19)10-3-2-6-22-10/h2-7H,1H3,(H2,16,17,18,19,23). The van der Waals surface area contributed by atoms with E-state index in [1.807, 2.05) is 0 Å². The van der Waals surface area contributed by atoms with Crippen LogP contribution in [0, 0.1) is 0 Å². The predicted molar refractivity (Wildman–Crippen MR) is 93.4 cm³/mol. The molecule has 0 radical (unpaired) electrons. The molecule has 0 aliphatic heterocycles. The Morgan fingerprint density at radius 1 is 1.33 bits per heavy atom. The van der Waals surface area contributed by atoms with Crippen molar-refractivity contribution < 1.29 is 18.7 Å². The van der Waals surface area contributed by atoms with Crippen LogP contribution < -0.4 is 10.6 Å². The van der Waals surface area contributed by atoms with Crippen molar-refractivity contribution >= 4 is 55.9 Å². The van der Waals surface area contributed by atoms with Crippen molar-refractivity contribution in [2.45, 2.75) is 0 Å². The highest BCUT2D eigenvalue weighted by Crippen LogP contribution is 2.27. The smallest absolute Gasteiger partial charge is 0.337 e. The molecule has 3 rings (SSSR count). The lowest BCUT2D eigenvalue weighted by molar-refractivity contribution is 0.0601. The maximum Gasteiger partial charge on any atom is 0.337 e. The van der Waals surface area contributed by atoms with Crippen molar-refractivity contribution in [2.75, 3.05) is 12.4 Å². The van der Waals surface area contributed by atoms with Gasteiger partial charge in [0.15, 0.2) is 16.0 Å². The first-order chi connectivity index (χ1) is 11.6. The molecule has 0 unspecified atom stereocenters. The van der Waals surface area contributed by atoms with Crippen LogP contribution in [-0.4, -0.2) is 29.1 Å². The second kappa shape index (κ2) is 6.77. The number of nitrogens with one attached hydrogen (secondary N) is 2. The van der Waals surface area contributed by atoms with Crippen LogP contribution in [0.2, 0.25) is 0 Å². The van der Waals surface area contributed by atoms with Gasteiger partial charge < -0.3 is 14.5 Å². The van der Waals surface area contributed by atoms with Crippen molar-refractivity contribution in [1.82, 2.24) is 10.3 Å². The third kappa shape index (κ3) is 3.42. The Morgan fingerprint density at radius 3 is 2.88 bits per heavy atom. The molecule has 2 N–H and O–H groups in total. The highest BCUT2D eigenvalue weighted by atomic mass is 32.1. The third-order valence-corrected chi connectivity index (χ3v) is 4.14. The number of thiazole rings is 1. The van der Waals surface area contributed by atoms with Crippen LogP contribution in [-0.2, 0) is 4.74 Å². The number of hydrogen-bond acceptors (Lipinski definition) is 7. The SMILES string of the molecule is COC(=O)c1ccc2nc(NC(=S)NC(=O)c3ccco3)sc2c1. The Kier molecular flexibility index (Phi) is 4.54. The van der Waals surface area contributed by atoms with Gasteiger partial charge in [0.1, 0.15) is 0 Å². The molecule has 0 atom stereocenters. The van der Waals surface area contributed by atoms with Crippen molar-refractivity contribution in [1.29, 1.82) is 0 Å². The van der Waals surface area contributed by atoms with Gasteiger partial charge in [0.05, 0.1) is 29.2 Å². The molecular formula is C15H11N3O4S2. The van der Waals surface area contributed by atoms with Gasteiger partial charge in [-0.3, -0.25) is 10.1 Å². The van der Waals surface area contributed by atoms with Gasteiger partial charge in [-0.1, -0.05) is 11.3 Å². The summed E-state index contributed by atoms with van der Waals surface area (Å²) in [5.74, 6) is -0.709. The minimum absolute atomic E-state index is 0.101. The number of hydrogen-bond donors (Lipinski definition) is 2. The quantitative estimate of drug-likeness (QED) is 0.547. The van der Waals surface area contributed by atoms with Crippen molar-refractivity contribution in [2.24, 2.45) is 0 Å². The summed E-state index contributed by atoms with van der Waals surface area (Å²) in [5, 5.41) is 5.93. The monoisotopic (exact) mass is 361 g/mol. The molecule has 24 heavy (non-hydrogen) atoms. The number of methoxy groups -OCH3 is 1. The fourth-order valence-corrected chi connectivity index (χ4v) is 3.09. The molecule has 0 bridgehead atoms. The minimum Gasteiger partial charge on any atom is -0.465 e. The molecule has 0 saturated heterocycles. The summed E-state index contributed by atoms with van der Waals surface area (Å²) < 4.78 is 10.5. The minimum atomic E-state index is -0.452. The van der Waals surface area contributed by atoms with Gasteiger partial charge >= 0.3 is 5.97 Å². The molecule has 2 heterocycles. The molecular weight excluding hydrogens is 350 g/mol. The van der Waals surface area contributed by atoms with Gasteiger partial charge in [-0.05, 0) is 42.5 Å². The average molecular weight is 361 g/mol. The first-order valence-electron chi connectivity index (χ1n) is 6.71. The summed E-state index contributed by atoms with van der Waals surface area (Å²) in [4.78, 5) is 27.7. The number of benzene rings is 1. The highest BCUT2D eigenvalue weighted by Gasteiger charge is 2.13. The molecule has 0 fully saturated rings. The van der Waals surface area contributed by atoms with E-state index < -0.39 is 11.9 Å². The molecule has 3 aromatic rings. The highest BCUT2D eigenvalue weighted by molar-refractivity contribution is 7.80. The zero-order chi connectivity index (χ0) is 17.1. The number of carbonyl (C=O) groups is 2. The number of carbonyl (C=O) groups excluding carboxylic acids is 2. The molecule has 122 valence electrons. The molecule has 7 nitrogen and oxygen atoms in total. The summed E-state index contributed by atoms with van der Waals surface area (Å²) in [5.41, 5.74) is 1.14. The van der Waals surface area contributed by atoms with E-state index in [-0.39, 0.29) is 10.9 Å². The molecule has 1 amide bonds. The third-order valence-electron chi connectivity index (χ3n) is 3.00. The number of aromatic nitrogens is 1. The van der Waals surface area contributed by atoms with E-state index >= 15 is 0 Å². The Morgan fingerprint density at radius 2 is 2.17 bits per heavy atom. The van der Waals surface area contributed by atoms with Crippen LogP contribution >= 0.6 is 23.6 Å². The summed E-state index contributed by atoms with van der Waals surface area (Å²) in [6.45, 7) is 0. The Bertz CT molecular complexity index is 918. The largest absolute Gasteiger partial charge is 0.465 e. The second-order valence-corrected chi connectivity index (χ2v) is 6.02. The van der Waals surface area contributed by atoms with Gasteiger partial charge in [-0.2, -0.15) is 0 Å². The molecule has 2 aromatic heterocycles. The van der Waals surface area contributed by atoms with E-state index in [9.17, 15) is 9.59 Å². The number of amides is 1. The number of esters is 1. The van der Waals surface area contributed by atoms with Crippen LogP contribution in [0.4, 0.5) is 5.13 Å². The van der Waals surface area contributed by atoms with Crippen LogP contribution in [0.3, 0.4) is 0 Å². The lowest BCUT2D eigenvalue weighted by Gasteiger charge is -2.04. The summed E-state index contributed by atoms with van der Waals surface area (Å²) in [6.07, 6.45) is 1.40. The van der Waals surface area contributed by atoms with Crippen molar-refractivity contribution in [3.05, 3.63) is 47.9 Å². The number of anilines is 1. The lowest BCUT2D eigenvalue weighted by Crippen LogP contribution is -2.33. The number of thiocarbonyl (C=S) groups is 1. The maximum absolute atomic E-state index is 11.8. The van der Waals surface area contributed by atoms with E-state index in [1.54, 1.807) is 24.3 Å². The van der Waals surface area contributed by atoms with E-state index in [2.05, 4.69) is 20.4 Å². The summed E-state index contributed by atoms with van der Waals surface area (Å²) in [7, 11) is 1.33. The summed E-state index contributed by atoms with van der Waals surface area (Å²) in [6, 6.07) is 8.18. The van der Waals surface area contributed by atoms with E-state index in [0.29, 0.717) is 16.2 Å². The van der Waals surface area contributed by atoms with E-state index in [1.165, 1.54) is 30.8 Å². The number of fused-ring (bicyclic) bond motifs is 1. The van der Waals surface area contributed by atoms with Crippen LogP contribution in [0.5, 0.6) is 0 Å². The Hall–Kier alpha value is -2.78. The van der Waals surface area contributed by atoms with Crippen LogP contribution in [0.1, 0.15) is 20.9 Å². The molecule has 0 aliphatic carbocycles. The molecule has 0 aliphatic rings. The van der Waals surface area contributed by atoms with Gasteiger partial charge in [0.25, 0.3) is 5.91 Å². The van der Waals surface area contributed by atoms with E-state index in [4.69, 9.17) is 16.6 Å². The predicted octanol–water partition coefficient (Wildman–Crippen LogP) is 2.80. The zero-order valence-corrected chi connectivity index (χ0v) is 14.0. The fraction of sp³-hybridized carbons (Fsp3) is 0.0667. The van der Waals surface area contributed by atoms with Gasteiger partial charge in [-0.15, -0.1) is 0 Å². The molecule has 0 saturated carbocycles. The number of nitrogens with zero attached hydrogens (tertiary/aromatic N) is 1. The Labute approximate surface area is 145 Å².